The fourth-order valence-corrected chi connectivity index (χ4v) is 3.56. The summed E-state index contributed by atoms with van der Waals surface area (Å²) in [5.74, 6) is 1.57. The molecule has 0 spiro atoms. The Morgan fingerprint density at radius 3 is 2.55 bits per heavy atom. The molecule has 29 heavy (non-hydrogen) atoms. The summed E-state index contributed by atoms with van der Waals surface area (Å²) in [5.41, 5.74) is 6.98. The van der Waals surface area contributed by atoms with Crippen LogP contribution in [0.25, 0.3) is 0 Å². The van der Waals surface area contributed by atoms with Gasteiger partial charge in [-0.2, -0.15) is 0 Å². The van der Waals surface area contributed by atoms with Gasteiger partial charge in [-0.25, -0.2) is 0 Å². The molecule has 1 fully saturated rings. The summed E-state index contributed by atoms with van der Waals surface area (Å²) in [6.07, 6.45) is 3.78. The van der Waals surface area contributed by atoms with Crippen molar-refractivity contribution in [3.8, 4) is 11.5 Å². The van der Waals surface area contributed by atoms with Gasteiger partial charge in [0.15, 0.2) is 11.5 Å². The molecule has 1 aliphatic rings. The molecule has 1 aliphatic carbocycles. The number of likely N-dealkylation sites (N-methyl/N-ethyl adjacent to an activating group) is 1. The maximum atomic E-state index is 12.4. The van der Waals surface area contributed by atoms with Crippen LogP contribution in [0, 0.1) is 5.92 Å². The first-order valence-electron chi connectivity index (χ1n) is 10.1. The van der Waals surface area contributed by atoms with Crippen molar-refractivity contribution < 1.29 is 14.3 Å². The van der Waals surface area contributed by atoms with Crippen LogP contribution in [0.1, 0.15) is 45.1 Å². The molecule has 2 rings (SSSR count). The van der Waals surface area contributed by atoms with Crippen molar-refractivity contribution >= 4 is 30.7 Å². The molecule has 1 amide bonds. The van der Waals surface area contributed by atoms with Gasteiger partial charge < -0.3 is 25.4 Å². The minimum atomic E-state index is 0. The Bertz CT molecular complexity index is 601. The number of hydrogen-bond acceptors (Lipinski definition) is 5. The van der Waals surface area contributed by atoms with Gasteiger partial charge in [0.1, 0.15) is 6.61 Å². The molecule has 0 aliphatic heterocycles. The summed E-state index contributed by atoms with van der Waals surface area (Å²) in [7, 11) is 1.64. The molecule has 1 aromatic rings. The number of carbonyl (C=O) groups excluding carboxylic acids is 1. The van der Waals surface area contributed by atoms with Gasteiger partial charge in [-0.05, 0) is 50.0 Å². The van der Waals surface area contributed by atoms with Crippen molar-refractivity contribution in [3.63, 3.8) is 0 Å². The van der Waals surface area contributed by atoms with Crippen molar-refractivity contribution in [3.05, 3.63) is 23.8 Å². The fraction of sp³-hybridized carbons (Fsp3) is 0.667. The van der Waals surface area contributed by atoms with Gasteiger partial charge in [0, 0.05) is 25.0 Å². The predicted octanol–water partition coefficient (Wildman–Crippen LogP) is 3.39. The van der Waals surface area contributed by atoms with E-state index in [-0.39, 0.29) is 42.7 Å². The van der Waals surface area contributed by atoms with Gasteiger partial charge in [0.05, 0.1) is 7.11 Å². The highest BCUT2D eigenvalue weighted by atomic mass is 35.5. The highest BCUT2D eigenvalue weighted by Crippen LogP contribution is 2.28. The topological polar surface area (TPSA) is 76.8 Å². The molecule has 8 heteroatoms. The van der Waals surface area contributed by atoms with Crippen LogP contribution in [0.4, 0.5) is 0 Å². The molecule has 0 heterocycles. The zero-order valence-corrected chi connectivity index (χ0v) is 19.4. The summed E-state index contributed by atoms with van der Waals surface area (Å²) in [6.45, 7) is 8.32. The second kappa shape index (κ2) is 14.7. The van der Waals surface area contributed by atoms with Crippen molar-refractivity contribution in [2.45, 2.75) is 52.1 Å². The van der Waals surface area contributed by atoms with E-state index in [1.807, 2.05) is 18.2 Å². The largest absolute Gasteiger partial charge is 0.493 e. The monoisotopic (exact) mass is 449 g/mol. The number of halogens is 2. The van der Waals surface area contributed by atoms with Crippen LogP contribution in [0.3, 0.4) is 0 Å². The molecule has 3 N–H and O–H groups in total. The van der Waals surface area contributed by atoms with E-state index in [0.29, 0.717) is 18.9 Å². The number of nitrogens with one attached hydrogen (secondary N) is 1. The number of ether oxygens (including phenoxy) is 2. The van der Waals surface area contributed by atoms with E-state index in [4.69, 9.17) is 15.2 Å². The summed E-state index contributed by atoms with van der Waals surface area (Å²) in [4.78, 5) is 14.7. The van der Waals surface area contributed by atoms with Crippen molar-refractivity contribution in [1.29, 1.82) is 0 Å². The van der Waals surface area contributed by atoms with Crippen molar-refractivity contribution in [2.75, 3.05) is 33.4 Å². The average Bonchev–Trinajstić information content (AvgIpc) is 2.69. The number of hydrogen-bond donors (Lipinski definition) is 2. The smallest absolute Gasteiger partial charge is 0.223 e. The molecular weight excluding hydrogens is 413 g/mol. The Balaban J connectivity index is 0.00000392. The third-order valence-electron chi connectivity index (χ3n) is 5.34. The van der Waals surface area contributed by atoms with E-state index in [2.05, 4.69) is 24.1 Å². The molecule has 2 unspecified atom stereocenters. The maximum absolute atomic E-state index is 12.4. The van der Waals surface area contributed by atoms with E-state index in [0.717, 1.165) is 56.6 Å². The number of amides is 1. The van der Waals surface area contributed by atoms with Gasteiger partial charge in [-0.1, -0.05) is 26.3 Å². The molecule has 6 nitrogen and oxygen atoms in total. The highest BCUT2D eigenvalue weighted by molar-refractivity contribution is 5.85. The normalized spacial score (nSPS) is 18.4. The highest BCUT2D eigenvalue weighted by Gasteiger charge is 2.25. The number of methoxy groups -OCH3 is 1. The quantitative estimate of drug-likeness (QED) is 0.572. The van der Waals surface area contributed by atoms with Crippen LogP contribution < -0.4 is 20.5 Å². The summed E-state index contributed by atoms with van der Waals surface area (Å²) < 4.78 is 11.3. The Hall–Kier alpha value is -1.21. The lowest BCUT2D eigenvalue weighted by atomic mass is 9.85. The molecule has 1 saturated carbocycles. The van der Waals surface area contributed by atoms with E-state index < -0.39 is 0 Å². The Labute approximate surface area is 187 Å². The number of benzene rings is 1. The lowest BCUT2D eigenvalue weighted by Crippen LogP contribution is -2.37. The van der Waals surface area contributed by atoms with Crippen molar-refractivity contribution in [1.82, 2.24) is 10.2 Å². The molecule has 0 bridgehead atoms. The summed E-state index contributed by atoms with van der Waals surface area (Å²) >= 11 is 0. The number of carbonyl (C=O) groups is 1. The first-order valence-corrected chi connectivity index (χ1v) is 10.1. The van der Waals surface area contributed by atoms with Gasteiger partial charge in [-0.15, -0.1) is 24.8 Å². The average molecular weight is 450 g/mol. The van der Waals surface area contributed by atoms with Gasteiger partial charge in [0.2, 0.25) is 5.91 Å². The predicted molar refractivity (Wildman–Crippen MR) is 123 cm³/mol. The third kappa shape index (κ3) is 8.99. The van der Waals surface area contributed by atoms with Gasteiger partial charge in [0.25, 0.3) is 0 Å². The lowest BCUT2D eigenvalue weighted by molar-refractivity contribution is -0.126. The minimum absolute atomic E-state index is 0. The van der Waals surface area contributed by atoms with Crippen LogP contribution in [0.15, 0.2) is 18.2 Å². The van der Waals surface area contributed by atoms with Crippen LogP contribution in [-0.4, -0.2) is 50.2 Å². The summed E-state index contributed by atoms with van der Waals surface area (Å²) in [5, 5.41) is 3.04. The number of nitrogens with zero attached hydrogens (tertiary/aromatic N) is 1. The lowest BCUT2D eigenvalue weighted by Gasteiger charge is -2.25. The van der Waals surface area contributed by atoms with Crippen LogP contribution in [0.2, 0.25) is 0 Å². The number of nitrogens with two attached hydrogens (primary N) is 1. The maximum Gasteiger partial charge on any atom is 0.223 e. The molecule has 168 valence electrons. The van der Waals surface area contributed by atoms with E-state index in [1.54, 1.807) is 7.11 Å². The first kappa shape index (κ1) is 27.8. The Morgan fingerprint density at radius 2 is 1.93 bits per heavy atom. The van der Waals surface area contributed by atoms with Gasteiger partial charge >= 0.3 is 0 Å². The fourth-order valence-electron chi connectivity index (χ4n) is 3.56. The summed E-state index contributed by atoms with van der Waals surface area (Å²) in [6, 6.07) is 5.98. The molecular formula is C21H37Cl2N3O3. The van der Waals surface area contributed by atoms with Crippen LogP contribution >= 0.6 is 24.8 Å². The van der Waals surface area contributed by atoms with E-state index in [9.17, 15) is 4.79 Å². The Kier molecular flexibility index (Phi) is 14.1. The molecule has 0 radical (unpaired) electrons. The molecule has 0 saturated heterocycles. The first-order chi connectivity index (χ1) is 13.1. The van der Waals surface area contributed by atoms with E-state index in [1.165, 1.54) is 0 Å². The third-order valence-corrected chi connectivity index (χ3v) is 5.34. The molecule has 0 aromatic heterocycles. The molecule has 2 atom stereocenters. The van der Waals surface area contributed by atoms with Crippen molar-refractivity contribution in [2.24, 2.45) is 11.7 Å². The second-order valence-electron chi connectivity index (χ2n) is 7.20. The Morgan fingerprint density at radius 1 is 1.21 bits per heavy atom. The zero-order valence-electron chi connectivity index (χ0n) is 17.8. The van der Waals surface area contributed by atoms with Gasteiger partial charge in [-0.3, -0.25) is 4.79 Å². The van der Waals surface area contributed by atoms with Crippen LogP contribution in [-0.2, 0) is 11.3 Å². The number of rotatable bonds is 10. The SMILES string of the molecule is CCN(CC)CCOc1ccc(CNC(=O)C2CCCC(N)C2)cc1OC.Cl.Cl. The van der Waals surface area contributed by atoms with Crippen LogP contribution in [0.5, 0.6) is 11.5 Å². The van der Waals surface area contributed by atoms with E-state index >= 15 is 0 Å². The second-order valence-corrected chi connectivity index (χ2v) is 7.20. The zero-order chi connectivity index (χ0) is 19.6. The molecule has 1 aromatic carbocycles. The minimum Gasteiger partial charge on any atom is -0.493 e. The standard InChI is InChI=1S/C21H35N3O3.2ClH/c1-4-24(5-2)11-12-27-19-10-9-16(13-20(19)26-3)15-23-21(25)17-7-6-8-18(22)14-17;;/h9-10,13,17-18H,4-8,11-12,14-15,22H2,1-3H3,(H,23,25);2*1H.